The lowest BCUT2D eigenvalue weighted by Crippen LogP contribution is -2.41. The van der Waals surface area contributed by atoms with Crippen LogP contribution < -0.4 is 10.6 Å². The minimum Gasteiger partial charge on any atom is -0.341 e. The van der Waals surface area contributed by atoms with Crippen molar-refractivity contribution in [2.75, 3.05) is 5.32 Å². The Hall–Kier alpha value is -4.44. The molecule has 0 spiro atoms. The van der Waals surface area contributed by atoms with Crippen LogP contribution in [0.4, 0.5) is 11.4 Å². The van der Waals surface area contributed by atoms with Gasteiger partial charge in [0.2, 0.25) is 5.91 Å². The summed E-state index contributed by atoms with van der Waals surface area (Å²) in [5, 5.41) is 16.1. The number of benzene rings is 3. The van der Waals surface area contributed by atoms with Crippen molar-refractivity contribution in [3.8, 4) is 11.8 Å². The lowest BCUT2D eigenvalue weighted by molar-refractivity contribution is -0.384. The lowest BCUT2D eigenvalue weighted by atomic mass is 10.1. The molecule has 0 saturated heterocycles. The summed E-state index contributed by atoms with van der Waals surface area (Å²) in [6.07, 6.45) is 0. The van der Waals surface area contributed by atoms with Gasteiger partial charge in [-0.3, -0.25) is 19.7 Å². The minimum atomic E-state index is -0.856. The van der Waals surface area contributed by atoms with Crippen molar-refractivity contribution in [3.05, 3.63) is 106 Å². The fourth-order valence-electron chi connectivity index (χ4n) is 2.70. The molecule has 3 rings (SSSR count). The van der Waals surface area contributed by atoms with Crippen molar-refractivity contribution in [2.24, 2.45) is 0 Å². The summed E-state index contributed by atoms with van der Waals surface area (Å²) in [6.45, 7) is 1.53. The third-order valence-electron chi connectivity index (χ3n) is 4.32. The standard InChI is InChI=1S/C24H19N3O4/c1-17(25-24(29)20-10-6-12-22(16-20)27(30)31)23(28)26-21-11-5-9-19(15-21)14-13-18-7-3-2-4-8-18/h2-12,15-17H,1H3,(H,25,29)(H,26,28). The number of anilines is 1. The van der Waals surface area contributed by atoms with Gasteiger partial charge in [-0.05, 0) is 43.3 Å². The Bertz CT molecular complexity index is 1180. The second-order valence-electron chi connectivity index (χ2n) is 6.69. The third kappa shape index (κ3) is 6.02. The Morgan fingerprint density at radius 3 is 2.32 bits per heavy atom. The normalized spacial score (nSPS) is 10.9. The van der Waals surface area contributed by atoms with Crippen molar-refractivity contribution in [3.63, 3.8) is 0 Å². The maximum atomic E-state index is 12.5. The smallest absolute Gasteiger partial charge is 0.270 e. The fraction of sp³-hybridized carbons (Fsp3) is 0.0833. The Labute approximate surface area is 179 Å². The number of rotatable bonds is 5. The van der Waals surface area contributed by atoms with Crippen LogP contribution in [0.1, 0.15) is 28.4 Å². The van der Waals surface area contributed by atoms with Gasteiger partial charge in [0.05, 0.1) is 4.92 Å². The first kappa shape index (κ1) is 21.3. The SMILES string of the molecule is CC(NC(=O)c1cccc([N+](=O)[O-])c1)C(=O)Nc1cccc(C#Cc2ccccc2)c1. The summed E-state index contributed by atoms with van der Waals surface area (Å²) in [7, 11) is 0. The highest BCUT2D eigenvalue weighted by Crippen LogP contribution is 2.14. The van der Waals surface area contributed by atoms with Crippen LogP contribution in [0.15, 0.2) is 78.9 Å². The Kier molecular flexibility index (Phi) is 6.76. The second kappa shape index (κ2) is 9.85. The molecule has 0 aliphatic carbocycles. The molecular weight excluding hydrogens is 394 g/mol. The number of amides is 2. The average molecular weight is 413 g/mol. The molecule has 0 aromatic heterocycles. The number of nitrogens with zero attached hydrogens (tertiary/aromatic N) is 1. The monoisotopic (exact) mass is 413 g/mol. The van der Waals surface area contributed by atoms with Gasteiger partial charge >= 0.3 is 0 Å². The number of hydrogen-bond donors (Lipinski definition) is 2. The second-order valence-corrected chi connectivity index (χ2v) is 6.69. The Balaban J connectivity index is 1.63. The quantitative estimate of drug-likeness (QED) is 0.378. The van der Waals surface area contributed by atoms with Gasteiger partial charge in [-0.1, -0.05) is 42.2 Å². The van der Waals surface area contributed by atoms with E-state index in [0.29, 0.717) is 5.69 Å². The Morgan fingerprint density at radius 1 is 0.903 bits per heavy atom. The predicted octanol–water partition coefficient (Wildman–Crippen LogP) is 3.75. The summed E-state index contributed by atoms with van der Waals surface area (Å²) < 4.78 is 0. The van der Waals surface area contributed by atoms with Crippen LogP contribution in [-0.4, -0.2) is 22.8 Å². The summed E-state index contributed by atoms with van der Waals surface area (Å²) in [5.74, 6) is 5.10. The van der Waals surface area contributed by atoms with Gasteiger partial charge in [-0.25, -0.2) is 0 Å². The number of carbonyl (C=O) groups is 2. The molecule has 0 fully saturated rings. The van der Waals surface area contributed by atoms with Crippen LogP contribution in [0, 0.1) is 22.0 Å². The van der Waals surface area contributed by atoms with E-state index in [4.69, 9.17) is 0 Å². The largest absolute Gasteiger partial charge is 0.341 e. The molecule has 0 bridgehead atoms. The summed E-state index contributed by atoms with van der Waals surface area (Å²) in [4.78, 5) is 35.1. The van der Waals surface area contributed by atoms with Gasteiger partial charge in [0.25, 0.3) is 11.6 Å². The first-order chi connectivity index (χ1) is 14.9. The molecule has 1 unspecified atom stereocenters. The van der Waals surface area contributed by atoms with Gasteiger partial charge in [0, 0.05) is 34.5 Å². The Morgan fingerprint density at radius 2 is 1.58 bits per heavy atom. The van der Waals surface area contributed by atoms with Crippen LogP contribution >= 0.6 is 0 Å². The molecule has 0 aliphatic heterocycles. The van der Waals surface area contributed by atoms with Gasteiger partial charge < -0.3 is 10.6 Å². The zero-order valence-corrected chi connectivity index (χ0v) is 16.7. The molecule has 3 aromatic carbocycles. The molecule has 31 heavy (non-hydrogen) atoms. The first-order valence-electron chi connectivity index (χ1n) is 9.46. The van der Waals surface area contributed by atoms with Gasteiger partial charge in [-0.2, -0.15) is 0 Å². The molecule has 0 aliphatic rings. The number of hydrogen-bond acceptors (Lipinski definition) is 4. The van der Waals surface area contributed by atoms with Crippen LogP contribution in [0.3, 0.4) is 0 Å². The molecule has 1 atom stereocenters. The van der Waals surface area contributed by atoms with Crippen molar-refractivity contribution in [1.82, 2.24) is 5.32 Å². The van der Waals surface area contributed by atoms with E-state index in [1.165, 1.54) is 25.1 Å². The molecule has 2 amide bonds. The van der Waals surface area contributed by atoms with E-state index in [1.54, 1.807) is 18.2 Å². The number of nitro groups is 1. The van der Waals surface area contributed by atoms with E-state index in [1.807, 2.05) is 36.4 Å². The highest BCUT2D eigenvalue weighted by molar-refractivity contribution is 6.01. The van der Waals surface area contributed by atoms with E-state index in [9.17, 15) is 19.7 Å². The molecule has 0 saturated carbocycles. The summed E-state index contributed by atoms with van der Waals surface area (Å²) in [5.41, 5.74) is 2.07. The van der Waals surface area contributed by atoms with Crippen LogP contribution in [0.25, 0.3) is 0 Å². The van der Waals surface area contributed by atoms with E-state index >= 15 is 0 Å². The number of non-ortho nitro benzene ring substituents is 1. The van der Waals surface area contributed by atoms with E-state index in [0.717, 1.165) is 17.2 Å². The molecule has 0 heterocycles. The van der Waals surface area contributed by atoms with E-state index < -0.39 is 22.8 Å². The molecular formula is C24H19N3O4. The topological polar surface area (TPSA) is 101 Å². The summed E-state index contributed by atoms with van der Waals surface area (Å²) in [6, 6.07) is 21.1. The number of nitro benzene ring substituents is 1. The maximum absolute atomic E-state index is 12.5. The van der Waals surface area contributed by atoms with Crippen molar-refractivity contribution in [2.45, 2.75) is 13.0 Å². The van der Waals surface area contributed by atoms with E-state index in [2.05, 4.69) is 22.5 Å². The van der Waals surface area contributed by atoms with Crippen molar-refractivity contribution in [1.29, 1.82) is 0 Å². The maximum Gasteiger partial charge on any atom is 0.270 e. The van der Waals surface area contributed by atoms with Gasteiger partial charge in [0.15, 0.2) is 0 Å². The highest BCUT2D eigenvalue weighted by atomic mass is 16.6. The molecule has 154 valence electrons. The van der Waals surface area contributed by atoms with Crippen LogP contribution in [0.2, 0.25) is 0 Å². The van der Waals surface area contributed by atoms with Gasteiger partial charge in [0.1, 0.15) is 6.04 Å². The van der Waals surface area contributed by atoms with Crippen molar-refractivity contribution < 1.29 is 14.5 Å². The molecule has 3 aromatic rings. The summed E-state index contributed by atoms with van der Waals surface area (Å²) >= 11 is 0. The van der Waals surface area contributed by atoms with E-state index in [-0.39, 0.29) is 11.3 Å². The lowest BCUT2D eigenvalue weighted by Gasteiger charge is -2.14. The molecule has 0 radical (unpaired) electrons. The zero-order valence-electron chi connectivity index (χ0n) is 16.7. The first-order valence-corrected chi connectivity index (χ1v) is 9.46. The molecule has 2 N–H and O–H groups in total. The zero-order chi connectivity index (χ0) is 22.2. The van der Waals surface area contributed by atoms with Gasteiger partial charge in [-0.15, -0.1) is 0 Å². The van der Waals surface area contributed by atoms with Crippen molar-refractivity contribution >= 4 is 23.2 Å². The number of nitrogens with one attached hydrogen (secondary N) is 2. The average Bonchev–Trinajstić information content (AvgIpc) is 2.78. The number of carbonyl (C=O) groups excluding carboxylic acids is 2. The third-order valence-corrected chi connectivity index (χ3v) is 4.32. The van der Waals surface area contributed by atoms with Crippen LogP contribution in [-0.2, 0) is 4.79 Å². The highest BCUT2D eigenvalue weighted by Gasteiger charge is 2.18. The molecule has 7 heteroatoms. The predicted molar refractivity (Wildman–Crippen MR) is 118 cm³/mol. The molecule has 7 nitrogen and oxygen atoms in total. The van der Waals surface area contributed by atoms with Crippen LogP contribution in [0.5, 0.6) is 0 Å². The minimum absolute atomic E-state index is 0.104. The fourth-order valence-corrected chi connectivity index (χ4v) is 2.70.